The molecule has 1 rings (SSSR count). The Kier molecular flexibility index (Phi) is 2.49. The lowest BCUT2D eigenvalue weighted by atomic mass is 10.1. The Bertz CT molecular complexity index is 409. The molecule has 1 aromatic rings. The Morgan fingerprint density at radius 1 is 1.62 bits per heavy atom. The minimum atomic E-state index is -0.595. The average molecular weight is 197 g/mol. The Balaban J connectivity index is 3.50. The fraction of sp³-hybridized carbons (Fsp3) is 0.125. The SMILES string of the molecule is Cc1c(Cl)ccc([N+](=O)[O-])c1C#N. The van der Waals surface area contributed by atoms with Crippen molar-refractivity contribution in [2.75, 3.05) is 0 Å². The van der Waals surface area contributed by atoms with Gasteiger partial charge in [0.05, 0.1) is 4.92 Å². The molecule has 66 valence electrons. The van der Waals surface area contributed by atoms with Crippen LogP contribution >= 0.6 is 11.6 Å². The normalized spacial score (nSPS) is 9.31. The van der Waals surface area contributed by atoms with Crippen LogP contribution in [0.1, 0.15) is 11.1 Å². The van der Waals surface area contributed by atoms with Gasteiger partial charge in [-0.1, -0.05) is 11.6 Å². The van der Waals surface area contributed by atoms with Gasteiger partial charge in [-0.15, -0.1) is 0 Å². The van der Waals surface area contributed by atoms with Crippen molar-refractivity contribution in [2.45, 2.75) is 6.92 Å². The van der Waals surface area contributed by atoms with Crippen LogP contribution in [0.15, 0.2) is 12.1 Å². The Morgan fingerprint density at radius 3 is 2.69 bits per heavy atom. The summed E-state index contributed by atoms with van der Waals surface area (Å²) in [5.74, 6) is 0. The maximum atomic E-state index is 10.5. The molecule has 0 atom stereocenters. The molecule has 0 saturated carbocycles. The van der Waals surface area contributed by atoms with E-state index >= 15 is 0 Å². The molecular weight excluding hydrogens is 192 g/mol. The van der Waals surface area contributed by atoms with Gasteiger partial charge in [-0.25, -0.2) is 0 Å². The van der Waals surface area contributed by atoms with Crippen molar-refractivity contribution in [1.29, 1.82) is 5.26 Å². The smallest absolute Gasteiger partial charge is 0.258 e. The first kappa shape index (κ1) is 9.49. The molecule has 1 aromatic carbocycles. The third kappa shape index (κ3) is 1.60. The van der Waals surface area contributed by atoms with E-state index in [1.807, 2.05) is 0 Å². The van der Waals surface area contributed by atoms with E-state index in [1.54, 1.807) is 13.0 Å². The first-order chi connectivity index (χ1) is 6.07. The molecule has 0 bridgehead atoms. The summed E-state index contributed by atoms with van der Waals surface area (Å²) >= 11 is 5.70. The van der Waals surface area contributed by atoms with Crippen LogP contribution in [0.25, 0.3) is 0 Å². The first-order valence-corrected chi connectivity index (χ1v) is 3.79. The van der Waals surface area contributed by atoms with Crippen LogP contribution in [0.4, 0.5) is 5.69 Å². The lowest BCUT2D eigenvalue weighted by molar-refractivity contribution is -0.385. The van der Waals surface area contributed by atoms with E-state index in [1.165, 1.54) is 12.1 Å². The summed E-state index contributed by atoms with van der Waals surface area (Å²) in [7, 11) is 0. The van der Waals surface area contributed by atoms with Crippen molar-refractivity contribution in [1.82, 2.24) is 0 Å². The molecule has 0 aromatic heterocycles. The predicted octanol–water partition coefficient (Wildman–Crippen LogP) is 2.43. The number of hydrogen-bond donors (Lipinski definition) is 0. The fourth-order valence-corrected chi connectivity index (χ4v) is 1.12. The molecule has 0 N–H and O–H groups in total. The zero-order chi connectivity index (χ0) is 10.0. The van der Waals surface area contributed by atoms with Crippen LogP contribution in [-0.2, 0) is 0 Å². The number of nitro groups is 1. The Labute approximate surface area is 79.5 Å². The minimum absolute atomic E-state index is 0.0255. The summed E-state index contributed by atoms with van der Waals surface area (Å²) < 4.78 is 0. The second-order valence-corrected chi connectivity index (χ2v) is 2.84. The van der Waals surface area contributed by atoms with Crippen molar-refractivity contribution in [2.24, 2.45) is 0 Å². The highest BCUT2D eigenvalue weighted by Gasteiger charge is 2.16. The molecule has 0 amide bonds. The fourth-order valence-electron chi connectivity index (χ4n) is 0.965. The number of halogens is 1. The molecule has 13 heavy (non-hydrogen) atoms. The standard InChI is InChI=1S/C8H5ClN2O2/c1-5-6(4-10)8(11(12)13)3-2-7(5)9/h2-3H,1H3. The van der Waals surface area contributed by atoms with Gasteiger partial charge < -0.3 is 0 Å². The van der Waals surface area contributed by atoms with Crippen LogP contribution in [0, 0.1) is 28.4 Å². The van der Waals surface area contributed by atoms with Crippen LogP contribution in [0.3, 0.4) is 0 Å². The number of hydrogen-bond acceptors (Lipinski definition) is 3. The van der Waals surface area contributed by atoms with Gasteiger partial charge in [0.1, 0.15) is 11.6 Å². The van der Waals surface area contributed by atoms with Crippen LogP contribution in [-0.4, -0.2) is 4.92 Å². The maximum absolute atomic E-state index is 10.5. The van der Waals surface area contributed by atoms with Crippen molar-refractivity contribution < 1.29 is 4.92 Å². The van der Waals surface area contributed by atoms with Crippen LogP contribution in [0.5, 0.6) is 0 Å². The Morgan fingerprint density at radius 2 is 2.23 bits per heavy atom. The van der Waals surface area contributed by atoms with E-state index in [2.05, 4.69) is 0 Å². The summed E-state index contributed by atoms with van der Waals surface area (Å²) in [4.78, 5) is 9.86. The lowest BCUT2D eigenvalue weighted by Crippen LogP contribution is -1.94. The molecule has 0 unspecified atom stereocenters. The summed E-state index contributed by atoms with van der Waals surface area (Å²) in [5, 5.41) is 19.5. The van der Waals surface area contributed by atoms with E-state index in [0.29, 0.717) is 10.6 Å². The maximum Gasteiger partial charge on any atom is 0.287 e. The first-order valence-electron chi connectivity index (χ1n) is 3.41. The van der Waals surface area contributed by atoms with Gasteiger partial charge in [0, 0.05) is 11.1 Å². The molecule has 0 heterocycles. The third-order valence-corrected chi connectivity index (χ3v) is 2.09. The highest BCUT2D eigenvalue weighted by Crippen LogP contribution is 2.26. The number of nitro benzene ring substituents is 1. The third-order valence-electron chi connectivity index (χ3n) is 1.69. The minimum Gasteiger partial charge on any atom is -0.258 e. The molecular formula is C8H5ClN2O2. The number of rotatable bonds is 1. The average Bonchev–Trinajstić information content (AvgIpc) is 2.09. The van der Waals surface area contributed by atoms with Crippen molar-refractivity contribution in [3.05, 3.63) is 38.4 Å². The van der Waals surface area contributed by atoms with Gasteiger partial charge in [0.25, 0.3) is 5.69 Å². The summed E-state index contributed by atoms with van der Waals surface area (Å²) in [6.45, 7) is 1.58. The number of nitriles is 1. The van der Waals surface area contributed by atoms with Crippen molar-refractivity contribution in [3.8, 4) is 6.07 Å². The quantitative estimate of drug-likeness (QED) is 0.512. The van der Waals surface area contributed by atoms with Gasteiger partial charge in [-0.3, -0.25) is 10.1 Å². The molecule has 4 nitrogen and oxygen atoms in total. The molecule has 0 radical (unpaired) electrons. The van der Waals surface area contributed by atoms with Gasteiger partial charge in [0.15, 0.2) is 0 Å². The topological polar surface area (TPSA) is 66.9 Å². The monoisotopic (exact) mass is 196 g/mol. The van der Waals surface area contributed by atoms with E-state index in [-0.39, 0.29) is 11.3 Å². The van der Waals surface area contributed by atoms with E-state index < -0.39 is 4.92 Å². The Hall–Kier alpha value is -1.60. The molecule has 5 heteroatoms. The summed E-state index contributed by atoms with van der Waals surface area (Å²) in [6.07, 6.45) is 0. The zero-order valence-electron chi connectivity index (χ0n) is 6.74. The van der Waals surface area contributed by atoms with Gasteiger partial charge >= 0.3 is 0 Å². The zero-order valence-corrected chi connectivity index (χ0v) is 7.50. The van der Waals surface area contributed by atoms with E-state index in [0.717, 1.165) is 0 Å². The van der Waals surface area contributed by atoms with Crippen LogP contribution in [0.2, 0.25) is 5.02 Å². The largest absolute Gasteiger partial charge is 0.287 e. The van der Waals surface area contributed by atoms with Gasteiger partial charge in [0.2, 0.25) is 0 Å². The van der Waals surface area contributed by atoms with E-state index in [4.69, 9.17) is 16.9 Å². The molecule has 0 spiro atoms. The second kappa shape index (κ2) is 3.42. The molecule has 0 aliphatic carbocycles. The molecule has 0 aliphatic heterocycles. The van der Waals surface area contributed by atoms with Crippen molar-refractivity contribution >= 4 is 17.3 Å². The molecule has 0 saturated heterocycles. The molecule has 0 aliphatic rings. The lowest BCUT2D eigenvalue weighted by Gasteiger charge is -2.00. The highest BCUT2D eigenvalue weighted by molar-refractivity contribution is 6.31. The summed E-state index contributed by atoms with van der Waals surface area (Å²) in [5.41, 5.74) is 0.264. The van der Waals surface area contributed by atoms with Crippen LogP contribution < -0.4 is 0 Å². The second-order valence-electron chi connectivity index (χ2n) is 2.44. The predicted molar refractivity (Wildman–Crippen MR) is 47.6 cm³/mol. The number of nitrogens with zero attached hydrogens (tertiary/aromatic N) is 2. The van der Waals surface area contributed by atoms with Gasteiger partial charge in [-0.2, -0.15) is 5.26 Å². The van der Waals surface area contributed by atoms with Gasteiger partial charge in [-0.05, 0) is 18.6 Å². The highest BCUT2D eigenvalue weighted by atomic mass is 35.5. The number of benzene rings is 1. The van der Waals surface area contributed by atoms with Crippen molar-refractivity contribution in [3.63, 3.8) is 0 Å². The summed E-state index contributed by atoms with van der Waals surface area (Å²) in [6, 6.07) is 4.40. The van der Waals surface area contributed by atoms with E-state index in [9.17, 15) is 10.1 Å². The molecule has 0 fully saturated rings.